The molecule has 2 aliphatic heterocycles. The summed E-state index contributed by atoms with van der Waals surface area (Å²) in [6.07, 6.45) is 3.96. The Morgan fingerprint density at radius 2 is 2.14 bits per heavy atom. The van der Waals surface area contributed by atoms with Gasteiger partial charge in [-0.3, -0.25) is 4.90 Å². The van der Waals surface area contributed by atoms with Gasteiger partial charge in [-0.2, -0.15) is 0 Å². The van der Waals surface area contributed by atoms with Crippen LogP contribution < -0.4 is 0 Å². The second-order valence-electron chi connectivity index (χ2n) is 7.29. The summed E-state index contributed by atoms with van der Waals surface area (Å²) in [5, 5.41) is 0.787. The number of carbonyl (C=O) groups excluding carboxylic acids is 1. The molecule has 2 saturated heterocycles. The normalized spacial score (nSPS) is 27.0. The molecule has 0 amide bonds. The van der Waals surface area contributed by atoms with E-state index in [4.69, 9.17) is 13.6 Å². The summed E-state index contributed by atoms with van der Waals surface area (Å²) in [5.41, 5.74) is 1.33. The van der Waals surface area contributed by atoms with Gasteiger partial charge in [0.15, 0.2) is 0 Å². The number of carbonyl (C=O) groups is 1. The molecule has 4 heterocycles. The zero-order valence-electron chi connectivity index (χ0n) is 18.3. The number of esters is 1. The lowest BCUT2D eigenvalue weighted by molar-refractivity contribution is -0.160. The van der Waals surface area contributed by atoms with E-state index in [9.17, 15) is 4.79 Å². The van der Waals surface area contributed by atoms with E-state index in [1.165, 1.54) is 4.90 Å². The standard InChI is InChI=1S/C22H23N3O3/c1-24-15-9-11-27-21(24)13-16(12-15)28-22(26)18-14-25(20-8-4-5-10-23-20)19-7-3-2-6-17(18)19/h2-8,10,14-16,21H,9,11-13H2,1H3/t15-,16-,21+/m0/s1/i1D3. The molecule has 2 aromatic heterocycles. The number of hydrogen-bond acceptors (Lipinski definition) is 5. The van der Waals surface area contributed by atoms with Gasteiger partial charge in [0, 0.05) is 40.8 Å². The number of pyridine rings is 1. The van der Waals surface area contributed by atoms with Crippen molar-refractivity contribution in [2.45, 2.75) is 37.6 Å². The van der Waals surface area contributed by atoms with Gasteiger partial charge in [0.05, 0.1) is 17.7 Å². The third kappa shape index (κ3) is 2.99. The Balaban J connectivity index is 1.41. The highest BCUT2D eigenvalue weighted by Crippen LogP contribution is 2.32. The molecule has 3 atom stereocenters. The summed E-state index contributed by atoms with van der Waals surface area (Å²) in [6.45, 7) is -1.69. The van der Waals surface area contributed by atoms with E-state index in [2.05, 4.69) is 4.98 Å². The molecule has 2 bridgehead atoms. The average molecular weight is 380 g/mol. The van der Waals surface area contributed by atoms with E-state index < -0.39 is 25.3 Å². The van der Waals surface area contributed by atoms with Crippen molar-refractivity contribution < 1.29 is 18.4 Å². The Bertz CT molecular complexity index is 1090. The molecule has 2 fully saturated rings. The minimum atomic E-state index is -2.22. The summed E-state index contributed by atoms with van der Waals surface area (Å²) in [7, 11) is 0. The predicted molar refractivity (Wildman–Crippen MR) is 105 cm³/mol. The maximum atomic E-state index is 13.1. The van der Waals surface area contributed by atoms with Gasteiger partial charge in [0.25, 0.3) is 0 Å². The van der Waals surface area contributed by atoms with Crippen LogP contribution >= 0.6 is 0 Å². The van der Waals surface area contributed by atoms with Crippen LogP contribution in [0.4, 0.5) is 0 Å². The van der Waals surface area contributed by atoms with Crippen LogP contribution in [0.2, 0.25) is 0 Å². The molecule has 0 unspecified atom stereocenters. The monoisotopic (exact) mass is 380 g/mol. The third-order valence-corrected chi connectivity index (χ3v) is 5.57. The van der Waals surface area contributed by atoms with Gasteiger partial charge in [0.2, 0.25) is 0 Å². The fourth-order valence-electron chi connectivity index (χ4n) is 4.17. The van der Waals surface area contributed by atoms with Crippen molar-refractivity contribution >= 4 is 16.9 Å². The van der Waals surface area contributed by atoms with Crippen LogP contribution in [-0.2, 0) is 9.47 Å². The number of aromatic nitrogens is 2. The van der Waals surface area contributed by atoms with Crippen molar-refractivity contribution in [1.29, 1.82) is 0 Å². The fraction of sp³-hybridized carbons (Fsp3) is 0.364. The lowest BCUT2D eigenvalue weighted by Gasteiger charge is -2.46. The first-order valence-electron chi connectivity index (χ1n) is 11.0. The van der Waals surface area contributed by atoms with E-state index in [0.29, 0.717) is 37.3 Å². The van der Waals surface area contributed by atoms with Crippen LogP contribution in [-0.4, -0.2) is 52.4 Å². The minimum Gasteiger partial charge on any atom is -0.459 e. The van der Waals surface area contributed by atoms with Crippen molar-refractivity contribution in [3.8, 4) is 5.82 Å². The minimum absolute atomic E-state index is 0.187. The molecule has 0 radical (unpaired) electrons. The highest BCUT2D eigenvalue weighted by Gasteiger charge is 2.38. The maximum Gasteiger partial charge on any atom is 0.340 e. The molecule has 6 heteroatoms. The summed E-state index contributed by atoms with van der Waals surface area (Å²) >= 11 is 0. The molecular weight excluding hydrogens is 354 g/mol. The summed E-state index contributed by atoms with van der Waals surface area (Å²) in [6, 6.07) is 13.1. The van der Waals surface area contributed by atoms with Crippen molar-refractivity contribution in [2.24, 2.45) is 0 Å². The predicted octanol–water partition coefficient (Wildman–Crippen LogP) is 3.39. The van der Waals surface area contributed by atoms with Crippen LogP contribution in [0.15, 0.2) is 54.9 Å². The summed E-state index contributed by atoms with van der Waals surface area (Å²) in [5.74, 6) is 0.294. The number of nitrogens with zero attached hydrogens (tertiary/aromatic N) is 3. The number of fused-ring (bicyclic) bond motifs is 3. The molecule has 3 aromatic rings. The zero-order valence-corrected chi connectivity index (χ0v) is 15.3. The van der Waals surface area contributed by atoms with Crippen LogP contribution in [0, 0.1) is 0 Å². The zero-order chi connectivity index (χ0) is 21.6. The summed E-state index contributed by atoms with van der Waals surface area (Å²) in [4.78, 5) is 19.0. The van der Waals surface area contributed by atoms with Gasteiger partial charge in [-0.25, -0.2) is 9.78 Å². The van der Waals surface area contributed by atoms with E-state index in [-0.39, 0.29) is 6.04 Å². The van der Waals surface area contributed by atoms with E-state index in [0.717, 1.165) is 10.9 Å². The first-order chi connectivity index (χ1) is 14.9. The Morgan fingerprint density at radius 1 is 1.25 bits per heavy atom. The van der Waals surface area contributed by atoms with Crippen molar-refractivity contribution in [3.05, 3.63) is 60.4 Å². The average Bonchev–Trinajstić information content (AvgIpc) is 3.13. The van der Waals surface area contributed by atoms with Crippen molar-refractivity contribution in [1.82, 2.24) is 14.5 Å². The number of hydrogen-bond donors (Lipinski definition) is 0. The smallest absolute Gasteiger partial charge is 0.340 e. The molecule has 144 valence electrons. The number of ether oxygens (including phenoxy) is 2. The summed E-state index contributed by atoms with van der Waals surface area (Å²) < 4.78 is 36.9. The SMILES string of the molecule is [2H]C([2H])([2H])N1[C@H]2CCO[C@@H]1C[C@@H](OC(=O)c1cn(-c3ccccn3)c3ccccc13)C2. The Hall–Kier alpha value is -2.70. The van der Waals surface area contributed by atoms with Crippen LogP contribution in [0.5, 0.6) is 0 Å². The topological polar surface area (TPSA) is 56.6 Å². The highest BCUT2D eigenvalue weighted by molar-refractivity contribution is 6.04. The molecule has 2 aliphatic rings. The van der Waals surface area contributed by atoms with E-state index in [1.807, 2.05) is 47.0 Å². The molecule has 6 nitrogen and oxygen atoms in total. The lowest BCUT2D eigenvalue weighted by atomic mass is 9.94. The Labute approximate surface area is 167 Å². The van der Waals surface area contributed by atoms with Crippen LogP contribution in [0.25, 0.3) is 16.7 Å². The van der Waals surface area contributed by atoms with Gasteiger partial charge in [0.1, 0.15) is 18.1 Å². The number of benzene rings is 1. The third-order valence-electron chi connectivity index (χ3n) is 5.57. The second-order valence-corrected chi connectivity index (χ2v) is 7.29. The largest absolute Gasteiger partial charge is 0.459 e. The molecule has 1 aromatic carbocycles. The van der Waals surface area contributed by atoms with Gasteiger partial charge < -0.3 is 14.0 Å². The molecule has 0 saturated carbocycles. The van der Waals surface area contributed by atoms with Crippen molar-refractivity contribution in [2.75, 3.05) is 13.6 Å². The molecule has 0 spiro atoms. The van der Waals surface area contributed by atoms with Crippen LogP contribution in [0.1, 0.15) is 33.7 Å². The number of piperidine rings is 1. The maximum absolute atomic E-state index is 13.1. The molecule has 5 rings (SSSR count). The molecule has 0 N–H and O–H groups in total. The Morgan fingerprint density at radius 3 is 2.96 bits per heavy atom. The van der Waals surface area contributed by atoms with E-state index in [1.54, 1.807) is 12.4 Å². The van der Waals surface area contributed by atoms with Crippen molar-refractivity contribution in [3.63, 3.8) is 0 Å². The second kappa shape index (κ2) is 7.04. The van der Waals surface area contributed by atoms with Gasteiger partial charge in [-0.05, 0) is 31.6 Å². The van der Waals surface area contributed by atoms with Gasteiger partial charge in [-0.1, -0.05) is 24.3 Å². The first kappa shape index (κ1) is 14.3. The van der Waals surface area contributed by atoms with E-state index >= 15 is 0 Å². The molecule has 0 aliphatic carbocycles. The quantitative estimate of drug-likeness (QED) is 0.652. The molecular formula is C22H23N3O3. The first-order valence-corrected chi connectivity index (χ1v) is 9.54. The highest BCUT2D eigenvalue weighted by atomic mass is 16.5. The fourth-order valence-corrected chi connectivity index (χ4v) is 4.17. The van der Waals surface area contributed by atoms with Gasteiger partial charge in [-0.15, -0.1) is 0 Å². The van der Waals surface area contributed by atoms with Crippen LogP contribution in [0.3, 0.4) is 0 Å². The lowest BCUT2D eigenvalue weighted by Crippen LogP contribution is -2.54. The Kier molecular flexibility index (Phi) is 3.60. The van der Waals surface area contributed by atoms with Gasteiger partial charge >= 0.3 is 5.97 Å². The number of para-hydroxylation sites is 1. The molecule has 28 heavy (non-hydrogen) atoms. The number of rotatable bonds is 3.